The molecule has 1 aliphatic heterocycles. The Hall–Kier alpha value is -0.970. The first-order chi connectivity index (χ1) is 10.6. The molecule has 0 radical (unpaired) electrons. The second-order valence-electron chi connectivity index (χ2n) is 6.56. The van der Waals surface area contributed by atoms with E-state index in [9.17, 15) is 4.79 Å². The van der Waals surface area contributed by atoms with Crippen LogP contribution in [0.2, 0.25) is 5.02 Å². The third-order valence-corrected chi connectivity index (χ3v) is 5.50. The molecule has 1 saturated carbocycles. The van der Waals surface area contributed by atoms with Crippen molar-refractivity contribution in [2.45, 2.75) is 50.1 Å². The van der Waals surface area contributed by atoms with Crippen LogP contribution in [0.5, 0.6) is 0 Å². The molecular weight excluding hydrogens is 335 g/mol. The number of carbonyl (C=O) groups excluding carboxylic acids is 1. The molecule has 1 amide bonds. The Bertz CT molecular complexity index is 559. The highest BCUT2D eigenvalue weighted by Gasteiger charge is 2.42. The van der Waals surface area contributed by atoms with Crippen LogP contribution < -0.4 is 5.73 Å². The summed E-state index contributed by atoms with van der Waals surface area (Å²) in [6.07, 6.45) is 3.71. The first-order valence-electron chi connectivity index (χ1n) is 7.97. The Labute approximate surface area is 148 Å². The zero-order valence-electron chi connectivity index (χ0n) is 13.3. The minimum atomic E-state index is -0.166. The number of rotatable bonds is 3. The fraction of sp³-hybridized carbons (Fsp3) is 0.588. The molecule has 128 valence electrons. The lowest BCUT2D eigenvalue weighted by Gasteiger charge is -2.42. The summed E-state index contributed by atoms with van der Waals surface area (Å²) in [5, 5.41) is 0.754. The number of carbonyl (C=O) groups is 1. The summed E-state index contributed by atoms with van der Waals surface area (Å²) in [5.74, 6) is 0. The maximum absolute atomic E-state index is 11.9. The van der Waals surface area contributed by atoms with Crippen LogP contribution in [0.15, 0.2) is 24.3 Å². The van der Waals surface area contributed by atoms with Crippen LogP contribution >= 0.6 is 24.0 Å². The van der Waals surface area contributed by atoms with Gasteiger partial charge in [0.2, 0.25) is 0 Å². The lowest BCUT2D eigenvalue weighted by atomic mass is 9.68. The Morgan fingerprint density at radius 2 is 2.09 bits per heavy atom. The molecule has 2 aliphatic rings. The van der Waals surface area contributed by atoms with Crippen LogP contribution in [-0.4, -0.2) is 36.2 Å². The van der Waals surface area contributed by atoms with E-state index in [2.05, 4.69) is 6.07 Å². The molecule has 1 heterocycles. The van der Waals surface area contributed by atoms with Crippen molar-refractivity contribution in [1.82, 2.24) is 4.90 Å². The average Bonchev–Trinajstić information content (AvgIpc) is 2.86. The van der Waals surface area contributed by atoms with E-state index < -0.39 is 0 Å². The highest BCUT2D eigenvalue weighted by Crippen LogP contribution is 2.41. The van der Waals surface area contributed by atoms with Crippen molar-refractivity contribution in [1.29, 1.82) is 0 Å². The van der Waals surface area contributed by atoms with Gasteiger partial charge in [-0.25, -0.2) is 4.79 Å². The highest BCUT2D eigenvalue weighted by atomic mass is 35.5. The SMILES string of the molecule is CC1COC(=O)N1C1CCC(CN)(c2cccc(Cl)c2)CC1.Cl. The van der Waals surface area contributed by atoms with Gasteiger partial charge in [-0.3, -0.25) is 4.90 Å². The molecule has 2 fully saturated rings. The van der Waals surface area contributed by atoms with Gasteiger partial charge in [-0.15, -0.1) is 12.4 Å². The Morgan fingerprint density at radius 3 is 2.61 bits per heavy atom. The summed E-state index contributed by atoms with van der Waals surface area (Å²) in [5.41, 5.74) is 7.33. The zero-order chi connectivity index (χ0) is 15.7. The number of nitrogens with two attached hydrogens (primary N) is 1. The van der Waals surface area contributed by atoms with Crippen molar-refractivity contribution < 1.29 is 9.53 Å². The molecule has 23 heavy (non-hydrogen) atoms. The van der Waals surface area contributed by atoms with E-state index in [4.69, 9.17) is 22.1 Å². The summed E-state index contributed by atoms with van der Waals surface area (Å²) in [6, 6.07) is 8.47. The molecule has 0 bridgehead atoms. The molecule has 1 aromatic rings. The second-order valence-corrected chi connectivity index (χ2v) is 7.00. The van der Waals surface area contributed by atoms with Crippen LogP contribution in [-0.2, 0) is 10.2 Å². The predicted octanol–water partition coefficient (Wildman–Crippen LogP) is 3.74. The lowest BCUT2D eigenvalue weighted by molar-refractivity contribution is 0.119. The summed E-state index contributed by atoms with van der Waals surface area (Å²) >= 11 is 6.14. The summed E-state index contributed by atoms with van der Waals surface area (Å²) in [7, 11) is 0. The number of nitrogens with zero attached hydrogens (tertiary/aromatic N) is 1. The number of benzene rings is 1. The molecular formula is C17H24Cl2N2O2. The molecule has 1 atom stereocenters. The fourth-order valence-corrected chi connectivity index (χ4v) is 4.09. The first kappa shape index (κ1) is 18.4. The first-order valence-corrected chi connectivity index (χ1v) is 8.35. The quantitative estimate of drug-likeness (QED) is 0.895. The molecule has 3 rings (SSSR count). The van der Waals surface area contributed by atoms with Crippen LogP contribution in [0.4, 0.5) is 4.79 Å². The van der Waals surface area contributed by atoms with Crippen LogP contribution in [0, 0.1) is 0 Å². The number of ether oxygens (including phenoxy) is 1. The van der Waals surface area contributed by atoms with E-state index in [1.165, 1.54) is 5.56 Å². The topological polar surface area (TPSA) is 55.6 Å². The predicted molar refractivity (Wildman–Crippen MR) is 94.3 cm³/mol. The maximum Gasteiger partial charge on any atom is 0.410 e. The standard InChI is InChI=1S/C17H23ClN2O2.ClH/c1-12-10-22-16(21)20(12)15-5-7-17(11-19,8-6-15)13-3-2-4-14(18)9-13;/h2-4,9,12,15H,5-8,10-11,19H2,1H3;1H. The minimum absolute atomic E-state index is 0. The van der Waals surface area contributed by atoms with Gasteiger partial charge in [0.25, 0.3) is 0 Å². The van der Waals surface area contributed by atoms with Gasteiger partial charge in [-0.1, -0.05) is 23.7 Å². The molecule has 1 unspecified atom stereocenters. The Balaban J connectivity index is 0.00000192. The molecule has 2 N–H and O–H groups in total. The van der Waals surface area contributed by atoms with Crippen molar-refractivity contribution in [3.8, 4) is 0 Å². The van der Waals surface area contributed by atoms with Crippen molar-refractivity contribution in [3.63, 3.8) is 0 Å². The normalized spacial score (nSPS) is 30.7. The van der Waals surface area contributed by atoms with Crippen molar-refractivity contribution in [3.05, 3.63) is 34.9 Å². The van der Waals surface area contributed by atoms with Crippen LogP contribution in [0.1, 0.15) is 38.2 Å². The highest BCUT2D eigenvalue weighted by molar-refractivity contribution is 6.30. The lowest BCUT2D eigenvalue weighted by Crippen LogP contribution is -2.47. The number of amides is 1. The fourth-order valence-electron chi connectivity index (χ4n) is 3.90. The van der Waals surface area contributed by atoms with E-state index >= 15 is 0 Å². The number of hydrogen-bond donors (Lipinski definition) is 1. The van der Waals surface area contributed by atoms with E-state index in [-0.39, 0.29) is 36.0 Å². The molecule has 1 aromatic carbocycles. The van der Waals surface area contributed by atoms with Crippen molar-refractivity contribution in [2.24, 2.45) is 5.73 Å². The largest absolute Gasteiger partial charge is 0.447 e. The molecule has 1 aliphatic carbocycles. The average molecular weight is 359 g/mol. The van der Waals surface area contributed by atoms with Crippen LogP contribution in [0.25, 0.3) is 0 Å². The van der Waals surface area contributed by atoms with Gasteiger partial charge in [0.15, 0.2) is 0 Å². The number of halogens is 2. The van der Waals surface area contributed by atoms with E-state index in [1.807, 2.05) is 30.0 Å². The second kappa shape index (κ2) is 7.29. The van der Waals surface area contributed by atoms with Gasteiger partial charge < -0.3 is 10.5 Å². The van der Waals surface area contributed by atoms with Gasteiger partial charge in [0, 0.05) is 23.0 Å². The van der Waals surface area contributed by atoms with Gasteiger partial charge in [-0.05, 0) is 50.3 Å². The van der Waals surface area contributed by atoms with Crippen molar-refractivity contribution in [2.75, 3.05) is 13.2 Å². The number of hydrogen-bond acceptors (Lipinski definition) is 3. The smallest absolute Gasteiger partial charge is 0.410 e. The van der Waals surface area contributed by atoms with E-state index in [1.54, 1.807) is 0 Å². The van der Waals surface area contributed by atoms with Gasteiger partial charge in [0.1, 0.15) is 6.61 Å². The Morgan fingerprint density at radius 1 is 1.39 bits per heavy atom. The van der Waals surface area contributed by atoms with Crippen molar-refractivity contribution >= 4 is 30.1 Å². The summed E-state index contributed by atoms with van der Waals surface area (Å²) in [6.45, 7) is 3.17. The molecule has 6 heteroatoms. The van der Waals surface area contributed by atoms with Gasteiger partial charge in [0.05, 0.1) is 6.04 Å². The zero-order valence-corrected chi connectivity index (χ0v) is 14.9. The number of cyclic esters (lactones) is 1. The van der Waals surface area contributed by atoms with Crippen LogP contribution in [0.3, 0.4) is 0 Å². The third-order valence-electron chi connectivity index (χ3n) is 5.27. The molecule has 0 spiro atoms. The van der Waals surface area contributed by atoms with Gasteiger partial charge in [-0.2, -0.15) is 0 Å². The molecule has 4 nitrogen and oxygen atoms in total. The van der Waals surface area contributed by atoms with Gasteiger partial charge >= 0.3 is 6.09 Å². The van der Waals surface area contributed by atoms with E-state index in [0.717, 1.165) is 30.7 Å². The monoisotopic (exact) mass is 358 g/mol. The minimum Gasteiger partial charge on any atom is -0.447 e. The Kier molecular flexibility index (Phi) is 5.82. The molecule has 1 saturated heterocycles. The summed E-state index contributed by atoms with van der Waals surface area (Å²) < 4.78 is 5.15. The maximum atomic E-state index is 11.9. The summed E-state index contributed by atoms with van der Waals surface area (Å²) in [4.78, 5) is 13.8. The third kappa shape index (κ3) is 3.44. The molecule has 0 aromatic heterocycles. The van der Waals surface area contributed by atoms with E-state index in [0.29, 0.717) is 13.2 Å².